The Hall–Kier alpha value is -2.03. The van der Waals surface area contributed by atoms with Crippen molar-refractivity contribution in [1.29, 1.82) is 5.26 Å². The van der Waals surface area contributed by atoms with E-state index < -0.39 is 0 Å². The largest absolute Gasteiger partial charge is 0.360 e. The molecule has 3 aromatic rings. The van der Waals surface area contributed by atoms with Crippen LogP contribution < -0.4 is 5.32 Å². The summed E-state index contributed by atoms with van der Waals surface area (Å²) in [7, 11) is 0. The highest BCUT2D eigenvalue weighted by molar-refractivity contribution is 7.11. The molecule has 0 aliphatic rings. The first-order valence-electron chi connectivity index (χ1n) is 7.10. The highest BCUT2D eigenvalue weighted by atomic mass is 35.5. The molecule has 1 aromatic heterocycles. The summed E-state index contributed by atoms with van der Waals surface area (Å²) in [6, 6.07) is 14.7. The zero-order chi connectivity index (χ0) is 17.8. The van der Waals surface area contributed by atoms with E-state index in [9.17, 15) is 5.26 Å². The van der Waals surface area contributed by atoms with Crippen molar-refractivity contribution in [3.8, 4) is 17.3 Å². The summed E-state index contributed by atoms with van der Waals surface area (Å²) in [5, 5.41) is 16.6. The van der Waals surface area contributed by atoms with E-state index >= 15 is 0 Å². The van der Waals surface area contributed by atoms with Crippen molar-refractivity contribution in [3.63, 3.8) is 0 Å². The summed E-state index contributed by atoms with van der Waals surface area (Å²) in [6.07, 6.45) is 1.60. The van der Waals surface area contributed by atoms with Crippen molar-refractivity contribution in [1.82, 2.24) is 4.98 Å². The minimum atomic E-state index is 0.427. The maximum atomic E-state index is 9.42. The van der Waals surface area contributed by atoms with Gasteiger partial charge in [0.1, 0.15) is 16.6 Å². The van der Waals surface area contributed by atoms with Crippen molar-refractivity contribution in [2.45, 2.75) is 0 Å². The molecule has 0 aliphatic carbocycles. The monoisotopic (exact) mass is 405 g/mol. The van der Waals surface area contributed by atoms with Crippen LogP contribution in [0.5, 0.6) is 0 Å². The minimum absolute atomic E-state index is 0.427. The van der Waals surface area contributed by atoms with E-state index in [1.54, 1.807) is 24.4 Å². The van der Waals surface area contributed by atoms with E-state index in [4.69, 9.17) is 34.8 Å². The molecule has 0 radical (unpaired) electrons. The molecule has 0 amide bonds. The molecule has 3 rings (SSSR count). The van der Waals surface area contributed by atoms with Gasteiger partial charge >= 0.3 is 0 Å². The standard InChI is InChI=1S/C18H10Cl3N3S/c19-13-3-1-11(2-4-13)17-10-25-18(24-17)12(8-22)9-23-14-5-6-15(20)16(21)7-14/h1-7,9-10,23H. The fraction of sp³-hybridized carbons (Fsp3) is 0. The number of allylic oxidation sites excluding steroid dienone is 1. The summed E-state index contributed by atoms with van der Waals surface area (Å²) in [5.41, 5.74) is 2.90. The fourth-order valence-electron chi connectivity index (χ4n) is 2.03. The molecular weight excluding hydrogens is 397 g/mol. The van der Waals surface area contributed by atoms with E-state index in [0.717, 1.165) is 16.9 Å². The van der Waals surface area contributed by atoms with Gasteiger partial charge in [-0.25, -0.2) is 4.98 Å². The number of anilines is 1. The number of rotatable bonds is 4. The Bertz CT molecular complexity index is 972. The predicted molar refractivity (Wildman–Crippen MR) is 106 cm³/mol. The van der Waals surface area contributed by atoms with Gasteiger partial charge in [-0.05, 0) is 30.3 Å². The SMILES string of the molecule is N#CC(=CNc1ccc(Cl)c(Cl)c1)c1nc(-c2ccc(Cl)cc2)cs1. The first-order valence-corrected chi connectivity index (χ1v) is 9.12. The van der Waals surface area contributed by atoms with Gasteiger partial charge in [0.05, 0.1) is 15.7 Å². The third kappa shape index (κ3) is 4.33. The smallest absolute Gasteiger partial charge is 0.136 e. The highest BCUT2D eigenvalue weighted by Gasteiger charge is 2.09. The molecular formula is C18H10Cl3N3S. The number of hydrogen-bond acceptors (Lipinski definition) is 4. The molecule has 0 saturated heterocycles. The van der Waals surface area contributed by atoms with Crippen LogP contribution in [-0.2, 0) is 0 Å². The zero-order valence-electron chi connectivity index (χ0n) is 12.6. The lowest BCUT2D eigenvalue weighted by molar-refractivity contribution is 1.36. The highest BCUT2D eigenvalue weighted by Crippen LogP contribution is 2.28. The number of nitrogens with one attached hydrogen (secondary N) is 1. The topological polar surface area (TPSA) is 48.7 Å². The van der Waals surface area contributed by atoms with Crippen LogP contribution >= 0.6 is 46.1 Å². The van der Waals surface area contributed by atoms with Gasteiger partial charge in [-0.3, -0.25) is 0 Å². The quantitative estimate of drug-likeness (QED) is 0.488. The van der Waals surface area contributed by atoms with Gasteiger partial charge in [0, 0.05) is 27.9 Å². The Morgan fingerprint density at radius 2 is 1.84 bits per heavy atom. The first kappa shape index (κ1) is 17.8. The molecule has 124 valence electrons. The summed E-state index contributed by atoms with van der Waals surface area (Å²) < 4.78 is 0. The third-order valence-electron chi connectivity index (χ3n) is 3.30. The second-order valence-corrected chi connectivity index (χ2v) is 7.10. The van der Waals surface area contributed by atoms with E-state index in [1.165, 1.54) is 11.3 Å². The molecule has 0 fully saturated rings. The molecule has 0 saturated carbocycles. The summed E-state index contributed by atoms with van der Waals surface area (Å²) in [6.45, 7) is 0. The first-order chi connectivity index (χ1) is 12.1. The molecule has 25 heavy (non-hydrogen) atoms. The van der Waals surface area contributed by atoms with Crippen molar-refractivity contribution in [2.24, 2.45) is 0 Å². The molecule has 3 nitrogen and oxygen atoms in total. The molecule has 7 heteroatoms. The van der Waals surface area contributed by atoms with Gasteiger partial charge in [0.15, 0.2) is 0 Å². The maximum absolute atomic E-state index is 9.42. The molecule has 0 atom stereocenters. The van der Waals surface area contributed by atoms with E-state index in [-0.39, 0.29) is 0 Å². The maximum Gasteiger partial charge on any atom is 0.136 e. The molecule has 0 unspecified atom stereocenters. The van der Waals surface area contributed by atoms with Crippen LogP contribution in [0.4, 0.5) is 5.69 Å². The lowest BCUT2D eigenvalue weighted by atomic mass is 10.2. The summed E-state index contributed by atoms with van der Waals surface area (Å²) in [5.74, 6) is 0. The molecule has 2 aromatic carbocycles. The van der Waals surface area contributed by atoms with Crippen molar-refractivity contribution in [2.75, 3.05) is 5.32 Å². The Balaban J connectivity index is 1.82. The fourth-order valence-corrected chi connectivity index (χ4v) is 3.25. The number of nitriles is 1. The van der Waals surface area contributed by atoms with Crippen molar-refractivity contribution >= 4 is 57.4 Å². The van der Waals surface area contributed by atoms with Gasteiger partial charge in [-0.1, -0.05) is 46.9 Å². The van der Waals surface area contributed by atoms with Gasteiger partial charge in [0.25, 0.3) is 0 Å². The van der Waals surface area contributed by atoms with E-state index in [2.05, 4.69) is 16.4 Å². The Labute approximate surface area is 164 Å². The third-order valence-corrected chi connectivity index (χ3v) is 5.16. The van der Waals surface area contributed by atoms with Crippen LogP contribution in [0.2, 0.25) is 15.1 Å². The van der Waals surface area contributed by atoms with Crippen LogP contribution in [0.15, 0.2) is 54.0 Å². The molecule has 0 aliphatic heterocycles. The Kier molecular flexibility index (Phi) is 5.62. The van der Waals surface area contributed by atoms with Gasteiger partial charge in [-0.2, -0.15) is 5.26 Å². The summed E-state index contributed by atoms with van der Waals surface area (Å²) >= 11 is 19.2. The zero-order valence-corrected chi connectivity index (χ0v) is 15.7. The molecule has 0 bridgehead atoms. The summed E-state index contributed by atoms with van der Waals surface area (Å²) in [4.78, 5) is 4.52. The number of hydrogen-bond donors (Lipinski definition) is 1. The average Bonchev–Trinajstić information content (AvgIpc) is 3.09. The Morgan fingerprint density at radius 3 is 2.52 bits per heavy atom. The van der Waals surface area contributed by atoms with Crippen LogP contribution in [0.3, 0.4) is 0 Å². The van der Waals surface area contributed by atoms with Crippen LogP contribution in [-0.4, -0.2) is 4.98 Å². The van der Waals surface area contributed by atoms with Crippen LogP contribution in [0.25, 0.3) is 16.8 Å². The van der Waals surface area contributed by atoms with Crippen LogP contribution in [0.1, 0.15) is 5.01 Å². The van der Waals surface area contributed by atoms with Crippen molar-refractivity contribution in [3.05, 3.63) is 74.1 Å². The molecule has 1 N–H and O–H groups in total. The predicted octanol–water partition coefficient (Wildman–Crippen LogP) is 6.75. The van der Waals surface area contributed by atoms with E-state index in [1.807, 2.05) is 29.6 Å². The minimum Gasteiger partial charge on any atom is -0.360 e. The molecule has 1 heterocycles. The number of thiazole rings is 1. The van der Waals surface area contributed by atoms with E-state index in [0.29, 0.717) is 25.6 Å². The van der Waals surface area contributed by atoms with Crippen molar-refractivity contribution < 1.29 is 0 Å². The Morgan fingerprint density at radius 1 is 1.08 bits per heavy atom. The number of aromatic nitrogens is 1. The lowest BCUT2D eigenvalue weighted by Gasteiger charge is -2.03. The van der Waals surface area contributed by atoms with Crippen LogP contribution in [0, 0.1) is 11.3 Å². The molecule has 0 spiro atoms. The second kappa shape index (κ2) is 7.90. The number of halogens is 3. The van der Waals surface area contributed by atoms with Gasteiger partial charge in [-0.15, -0.1) is 11.3 Å². The van der Waals surface area contributed by atoms with Gasteiger partial charge < -0.3 is 5.32 Å². The van der Waals surface area contributed by atoms with Gasteiger partial charge in [0.2, 0.25) is 0 Å². The number of benzene rings is 2. The normalized spacial score (nSPS) is 11.2. The lowest BCUT2D eigenvalue weighted by Crippen LogP contribution is -1.91. The average molecular weight is 407 g/mol. The second-order valence-electron chi connectivity index (χ2n) is 4.99. The number of nitrogens with zero attached hydrogens (tertiary/aromatic N) is 2.